The molecule has 0 aliphatic rings. The molecule has 6 rings (SSSR count). The van der Waals surface area contributed by atoms with Crippen molar-refractivity contribution in [3.8, 4) is 16.9 Å². The average Bonchev–Trinajstić information content (AvgIpc) is 0.833. The minimum absolute atomic E-state index is 0.0563. The van der Waals surface area contributed by atoms with Gasteiger partial charge in [-0.25, -0.2) is 9.37 Å². The monoisotopic (exact) mass is 1790 g/mol. The molecule has 0 bridgehead atoms. The summed E-state index contributed by atoms with van der Waals surface area (Å²) in [5.41, 5.74) is 15.8. The summed E-state index contributed by atoms with van der Waals surface area (Å²) in [6.07, 6.45) is 1.24. The number of carbonyl (C=O) groups excluding carboxylic acids is 12. The number of tetrazole rings is 1. The Morgan fingerprint density at radius 2 is 1.22 bits per heavy atom. The van der Waals surface area contributed by atoms with E-state index in [1.807, 2.05) is 61.5 Å². The van der Waals surface area contributed by atoms with Crippen LogP contribution in [-0.4, -0.2) is 274 Å². The van der Waals surface area contributed by atoms with Crippen molar-refractivity contribution >= 4 is 70.9 Å². The van der Waals surface area contributed by atoms with Crippen molar-refractivity contribution in [2.45, 2.75) is 192 Å². The van der Waals surface area contributed by atoms with Crippen LogP contribution >= 0.6 is 0 Å². The van der Waals surface area contributed by atoms with Gasteiger partial charge in [0.2, 0.25) is 70.9 Å². The van der Waals surface area contributed by atoms with Crippen molar-refractivity contribution in [1.82, 2.24) is 89.1 Å². The number of carbonyl (C=O) groups is 12. The number of nitrogens with zero attached hydrogens (tertiary/aromatic N) is 7. The molecule has 698 valence electrons. The molecular weight excluding hydrogens is 1670 g/mol. The highest BCUT2D eigenvalue weighted by Crippen LogP contribution is 2.30. The van der Waals surface area contributed by atoms with Gasteiger partial charge in [-0.1, -0.05) is 97.0 Å². The van der Waals surface area contributed by atoms with Gasteiger partial charge in [-0.15, -0.1) is 10.2 Å². The minimum atomic E-state index is -2.37. The second-order valence-corrected chi connectivity index (χ2v) is 30.8. The van der Waals surface area contributed by atoms with Crippen LogP contribution in [0.15, 0.2) is 109 Å². The van der Waals surface area contributed by atoms with Gasteiger partial charge in [0, 0.05) is 68.5 Å². The van der Waals surface area contributed by atoms with E-state index in [1.54, 1.807) is 18.3 Å². The summed E-state index contributed by atoms with van der Waals surface area (Å²) in [5, 5.41) is 85.9. The number of azide groups is 1. The van der Waals surface area contributed by atoms with Crippen molar-refractivity contribution < 1.29 is 106 Å². The van der Waals surface area contributed by atoms with Gasteiger partial charge < -0.3 is 113 Å². The lowest BCUT2D eigenvalue weighted by atomic mass is 9.90. The average molecular weight is 1790 g/mol. The molecule has 2 aromatic heterocycles. The number of imidazole rings is 1. The number of rotatable bonds is 61. The third kappa shape index (κ3) is 35.7. The van der Waals surface area contributed by atoms with E-state index < -0.39 is 162 Å². The van der Waals surface area contributed by atoms with Crippen LogP contribution in [0.2, 0.25) is 0 Å². The zero-order valence-corrected chi connectivity index (χ0v) is 72.9. The molecule has 0 saturated carbocycles. The van der Waals surface area contributed by atoms with Crippen LogP contribution < -0.4 is 69.0 Å². The van der Waals surface area contributed by atoms with Crippen molar-refractivity contribution in [3.05, 3.63) is 159 Å². The van der Waals surface area contributed by atoms with Gasteiger partial charge in [0.15, 0.2) is 5.82 Å². The Balaban J connectivity index is 1.11. The number of H-pyrrole nitrogens is 2. The Hall–Kier alpha value is -12.5. The lowest BCUT2D eigenvalue weighted by Gasteiger charge is -2.34. The highest BCUT2D eigenvalue weighted by molar-refractivity contribution is 6.06. The number of ether oxygens (including phenoxy) is 5. The first-order chi connectivity index (χ1) is 61.3. The second kappa shape index (κ2) is 55.2. The highest BCUT2D eigenvalue weighted by atomic mass is 19.1. The number of aromatic nitrogens is 6. The SMILES string of the molecule is CCc1cc(OCCCCN=[N+]=[N-])ccc1-c1ccc(C[C@H](NC(=O)[C@H](CC)NC(=O)[C@H](CO)NC(=O)[C@@H](NC(=O)[C@](C)(Cc2ccccc2F)NC(=O)[C@@H](NC(=O)CNC(=O)[C@H](Cc2nn[nH]n2)NC(=O)C(C)(C)C(=O)NCCc2cnc[nH]2)[C@@H](C)O)[C@@H](C)O)C(=O)N[C@@H](CCCc2ccc(CNC(=O)CCOCCOCCOCCOCCO)cc2)C(N)=O)cc1. The predicted molar refractivity (Wildman–Crippen MR) is 460 cm³/mol. The molecule has 4 aromatic carbocycles. The summed E-state index contributed by atoms with van der Waals surface area (Å²) in [5.74, 6) is -11.9. The Morgan fingerprint density at radius 3 is 1.84 bits per heavy atom. The van der Waals surface area contributed by atoms with E-state index in [2.05, 4.69) is 99.1 Å². The number of hydrogen-bond donors (Lipinski definition) is 18. The molecule has 0 fully saturated rings. The summed E-state index contributed by atoms with van der Waals surface area (Å²) in [7, 11) is 0. The lowest BCUT2D eigenvalue weighted by molar-refractivity contribution is -0.143. The molecule has 12 amide bonds. The summed E-state index contributed by atoms with van der Waals surface area (Å²) in [4.78, 5) is 177. The van der Waals surface area contributed by atoms with E-state index in [-0.39, 0.29) is 82.5 Å². The molecule has 0 unspecified atom stereocenters. The third-order valence-corrected chi connectivity index (χ3v) is 20.3. The van der Waals surface area contributed by atoms with Gasteiger partial charge in [-0.2, -0.15) is 5.21 Å². The number of aliphatic hydroxyl groups is 4. The van der Waals surface area contributed by atoms with Gasteiger partial charge in [0.25, 0.3) is 0 Å². The van der Waals surface area contributed by atoms with Crippen molar-refractivity contribution in [2.75, 3.05) is 92.3 Å². The number of amides is 12. The van der Waals surface area contributed by atoms with Crippen molar-refractivity contribution in [2.24, 2.45) is 16.3 Å². The van der Waals surface area contributed by atoms with Crippen molar-refractivity contribution in [3.63, 3.8) is 0 Å². The summed E-state index contributed by atoms with van der Waals surface area (Å²) in [6, 6.07) is 13.6. The molecule has 0 radical (unpaired) electrons. The number of benzene rings is 4. The Kier molecular flexibility index (Phi) is 45.0. The number of primary amides is 1. The van der Waals surface area contributed by atoms with Crippen LogP contribution in [0.3, 0.4) is 0 Å². The van der Waals surface area contributed by atoms with Crippen LogP contribution in [-0.2, 0) is 122 Å². The molecule has 10 atom stereocenters. The number of hydrogen-bond acceptors (Lipinski definition) is 26. The van der Waals surface area contributed by atoms with E-state index in [0.29, 0.717) is 102 Å². The minimum Gasteiger partial charge on any atom is -0.494 e. The van der Waals surface area contributed by atoms with Gasteiger partial charge in [-0.05, 0) is 142 Å². The third-order valence-electron chi connectivity index (χ3n) is 20.3. The van der Waals surface area contributed by atoms with Gasteiger partial charge >= 0.3 is 0 Å². The fourth-order valence-electron chi connectivity index (χ4n) is 12.8. The molecule has 0 saturated heterocycles. The van der Waals surface area contributed by atoms with E-state index >= 15 is 4.39 Å². The fourth-order valence-corrected chi connectivity index (χ4v) is 12.8. The van der Waals surface area contributed by atoms with Crippen LogP contribution in [0.1, 0.15) is 126 Å². The maximum atomic E-state index is 15.6. The van der Waals surface area contributed by atoms with Crippen LogP contribution in [0.5, 0.6) is 5.75 Å². The lowest BCUT2D eigenvalue weighted by Crippen LogP contribution is -2.67. The number of nitrogens with one attached hydrogen (secondary N) is 13. The van der Waals surface area contributed by atoms with Gasteiger partial charge in [0.1, 0.15) is 64.8 Å². The maximum absolute atomic E-state index is 15.6. The zero-order chi connectivity index (χ0) is 93.6. The summed E-state index contributed by atoms with van der Waals surface area (Å²) < 4.78 is 43.0. The van der Waals surface area contributed by atoms with Crippen LogP contribution in [0, 0.1) is 11.2 Å². The normalized spacial score (nSPS) is 13.8. The van der Waals surface area contributed by atoms with E-state index in [4.69, 9.17) is 40.1 Å². The predicted octanol–water partition coefficient (Wildman–Crippen LogP) is -0.705. The van der Waals surface area contributed by atoms with E-state index in [0.717, 1.165) is 54.7 Å². The zero-order valence-electron chi connectivity index (χ0n) is 72.9. The first-order valence-electron chi connectivity index (χ1n) is 42.2. The first kappa shape index (κ1) is 104. The molecule has 128 heavy (non-hydrogen) atoms. The molecule has 19 N–H and O–H groups in total. The smallest absolute Gasteiger partial charge is 0.246 e. The maximum Gasteiger partial charge on any atom is 0.246 e. The van der Waals surface area contributed by atoms with Gasteiger partial charge in [0.05, 0.1) is 97.8 Å². The number of aryl methyl sites for hydroxylation is 2. The summed E-state index contributed by atoms with van der Waals surface area (Å²) >= 11 is 0. The van der Waals surface area contributed by atoms with E-state index in [9.17, 15) is 72.9 Å². The quantitative estimate of drug-likeness (QED) is 0.00738. The fraction of sp³-hybridized carbons (Fsp3) is 0.529. The summed E-state index contributed by atoms with van der Waals surface area (Å²) in [6.45, 7) is 10.9. The first-order valence-corrected chi connectivity index (χ1v) is 42.2. The largest absolute Gasteiger partial charge is 0.494 e. The van der Waals surface area contributed by atoms with Crippen LogP contribution in [0.25, 0.3) is 21.6 Å². The molecular formula is C85H120FN21O21. The molecule has 0 aliphatic carbocycles. The number of halogens is 1. The molecule has 0 spiro atoms. The standard InChI is InChI=1S/C85H120FN21O21/c1-8-57-44-61(128-34-13-12-31-94-105-88)27-28-62(57)58-25-23-55(24-26-58)43-66(77(117)96-65(74(87)114)18-14-15-54-19-21-56(22-20-54)47-91-70(112)30-35-124-37-39-126-41-42-127-40-38-125-36-33-108)97-76(116)64(9-2)95-78(118)68(50-109)98-79(119)72(52(3)110)101-83(123)85(7,46-59-16-10-11-17-63(59)86)102-80(120)73(53(4)111)100-71(113)49-92-75(115)67(45-69-103-106-107-104-69)99-82(122)84(5,6)81(121)90-32-29-60-48-89-51-93-60/h10-11,16-17,19-28,44,48,51-53,64-68,72-73,108-111H,8-9,12-15,18,29-43,45-47,49-50H2,1-7H3,(H2,87,114)(H,89,93)(H,90,121)(H,91,112)(H,92,115)(H,95,118)(H,96,117)(H,97,116)(H,98,119)(H,99,122)(H,100,113)(H,101,123)(H,102,120)(H,103,104,106,107)/t52-,53-,64+,65+,66+,67+,68+,72+,73+,85+/m1/s1. The topological polar surface area (TPSA) is 622 Å². The molecule has 43 heteroatoms. The number of nitrogens with two attached hydrogens (primary N) is 1. The Morgan fingerprint density at radius 1 is 0.602 bits per heavy atom. The van der Waals surface area contributed by atoms with Gasteiger partial charge in [-0.3, -0.25) is 57.5 Å². The number of unbranched alkanes of at least 4 members (excludes halogenated alkanes) is 1. The number of aromatic amines is 2. The Labute approximate surface area is 739 Å². The van der Waals surface area contributed by atoms with Crippen molar-refractivity contribution in [1.29, 1.82) is 0 Å². The number of aliphatic hydroxyl groups excluding tert-OH is 4. The molecule has 42 nitrogen and oxygen atoms in total. The Bertz CT molecular complexity index is 4580. The highest BCUT2D eigenvalue weighted by Gasteiger charge is 2.43. The van der Waals surface area contributed by atoms with Crippen LogP contribution in [0.4, 0.5) is 4.39 Å². The molecule has 2 heterocycles. The molecule has 0 aliphatic heterocycles. The van der Waals surface area contributed by atoms with E-state index in [1.165, 1.54) is 45.3 Å². The molecule has 6 aromatic rings. The second-order valence-electron chi connectivity index (χ2n) is 30.8.